The molecule has 0 unspecified atom stereocenters. The van der Waals surface area contributed by atoms with Gasteiger partial charge in [0.15, 0.2) is 0 Å². The fourth-order valence-electron chi connectivity index (χ4n) is 2.06. The van der Waals surface area contributed by atoms with Crippen LogP contribution >= 0.6 is 0 Å². The minimum absolute atomic E-state index is 0.755. The summed E-state index contributed by atoms with van der Waals surface area (Å²) in [6.07, 6.45) is 2.80. The second-order valence-electron chi connectivity index (χ2n) is 4.71. The lowest BCUT2D eigenvalue weighted by atomic mass is 10.2. The smallest absolute Gasteiger partial charge is 0.0591 e. The molecule has 1 aromatic rings. The van der Waals surface area contributed by atoms with Gasteiger partial charge in [-0.05, 0) is 38.0 Å². The molecule has 1 rings (SSSR count). The Bertz CT molecular complexity index is 358. The summed E-state index contributed by atoms with van der Waals surface area (Å²) in [5, 5.41) is 3.39. The van der Waals surface area contributed by atoms with Gasteiger partial charge in [-0.1, -0.05) is 18.2 Å². The number of benzene rings is 1. The van der Waals surface area contributed by atoms with Gasteiger partial charge in [-0.2, -0.15) is 0 Å². The first-order chi connectivity index (χ1) is 9.81. The zero-order valence-electron chi connectivity index (χ0n) is 12.9. The molecule has 0 aliphatic rings. The van der Waals surface area contributed by atoms with E-state index in [0.29, 0.717) is 0 Å². The van der Waals surface area contributed by atoms with Crippen LogP contribution in [0.2, 0.25) is 0 Å². The number of nitrogens with zero attached hydrogens (tertiary/aromatic N) is 1. The van der Waals surface area contributed by atoms with Gasteiger partial charge in [0, 0.05) is 31.9 Å². The maximum Gasteiger partial charge on any atom is 0.0591 e. The van der Waals surface area contributed by atoms with Gasteiger partial charge in [0.25, 0.3) is 0 Å². The molecule has 1 N–H and O–H groups in total. The van der Waals surface area contributed by atoms with Crippen LogP contribution in [0.4, 0.5) is 5.69 Å². The van der Waals surface area contributed by atoms with Gasteiger partial charge in [0.2, 0.25) is 0 Å². The van der Waals surface area contributed by atoms with Crippen molar-refractivity contribution in [3.05, 3.63) is 42.5 Å². The Kier molecular flexibility index (Phi) is 8.76. The molecule has 20 heavy (non-hydrogen) atoms. The fourth-order valence-corrected chi connectivity index (χ4v) is 2.06. The third-order valence-corrected chi connectivity index (χ3v) is 3.28. The first kappa shape index (κ1) is 16.7. The second-order valence-corrected chi connectivity index (χ2v) is 4.71. The molecule has 0 fully saturated rings. The van der Waals surface area contributed by atoms with Gasteiger partial charge < -0.3 is 15.0 Å². The van der Waals surface area contributed by atoms with E-state index >= 15 is 0 Å². The van der Waals surface area contributed by atoms with Crippen molar-refractivity contribution in [3.63, 3.8) is 0 Å². The summed E-state index contributed by atoms with van der Waals surface area (Å²) in [7, 11) is 0. The molecular formula is C17H28N2O. The van der Waals surface area contributed by atoms with Gasteiger partial charge in [-0.25, -0.2) is 0 Å². The molecule has 0 spiro atoms. The second kappa shape index (κ2) is 10.5. The van der Waals surface area contributed by atoms with Crippen molar-refractivity contribution in [2.75, 3.05) is 37.7 Å². The standard InChI is InChI=1S/C17H28N2O/c1-4-7-13-20-14-12-18-15-16-8-10-17(11-9-16)19(5-2)6-3/h4,8-11,18H,1,5-7,12-15H2,2-3H3. The van der Waals surface area contributed by atoms with Crippen LogP contribution in [-0.2, 0) is 11.3 Å². The third kappa shape index (κ3) is 6.22. The van der Waals surface area contributed by atoms with Crippen molar-refractivity contribution in [3.8, 4) is 0 Å². The van der Waals surface area contributed by atoms with Crippen LogP contribution < -0.4 is 10.2 Å². The van der Waals surface area contributed by atoms with E-state index in [1.165, 1.54) is 11.3 Å². The SMILES string of the molecule is C=CCCOCCNCc1ccc(N(CC)CC)cc1. The maximum absolute atomic E-state index is 5.45. The number of anilines is 1. The molecule has 3 nitrogen and oxygen atoms in total. The molecular weight excluding hydrogens is 248 g/mol. The summed E-state index contributed by atoms with van der Waals surface area (Å²) in [5.41, 5.74) is 2.61. The van der Waals surface area contributed by atoms with Crippen molar-refractivity contribution >= 4 is 5.69 Å². The first-order valence-electron chi connectivity index (χ1n) is 7.55. The van der Waals surface area contributed by atoms with E-state index < -0.39 is 0 Å². The Balaban J connectivity index is 2.23. The minimum Gasteiger partial charge on any atom is -0.380 e. The highest BCUT2D eigenvalue weighted by Gasteiger charge is 2.01. The summed E-state index contributed by atoms with van der Waals surface area (Å²) in [4.78, 5) is 2.35. The average molecular weight is 276 g/mol. The maximum atomic E-state index is 5.45. The topological polar surface area (TPSA) is 24.5 Å². The monoisotopic (exact) mass is 276 g/mol. The van der Waals surface area contributed by atoms with Gasteiger partial charge in [0.1, 0.15) is 0 Å². The van der Waals surface area contributed by atoms with Gasteiger partial charge in [-0.3, -0.25) is 0 Å². The molecule has 0 radical (unpaired) electrons. The van der Waals surface area contributed by atoms with Gasteiger partial charge in [-0.15, -0.1) is 6.58 Å². The van der Waals surface area contributed by atoms with E-state index in [1.807, 2.05) is 6.08 Å². The Hall–Kier alpha value is -1.32. The molecule has 0 saturated heterocycles. The Morgan fingerprint density at radius 1 is 1.15 bits per heavy atom. The summed E-state index contributed by atoms with van der Waals surface area (Å²) < 4.78 is 5.45. The lowest BCUT2D eigenvalue weighted by Gasteiger charge is -2.21. The summed E-state index contributed by atoms with van der Waals surface area (Å²) in [5.74, 6) is 0. The lowest BCUT2D eigenvalue weighted by Crippen LogP contribution is -2.22. The van der Waals surface area contributed by atoms with Crippen molar-refractivity contribution < 1.29 is 4.74 Å². The van der Waals surface area contributed by atoms with Crippen molar-refractivity contribution in [1.82, 2.24) is 5.32 Å². The molecule has 0 saturated carbocycles. The van der Waals surface area contributed by atoms with E-state index in [-0.39, 0.29) is 0 Å². The van der Waals surface area contributed by atoms with E-state index in [1.54, 1.807) is 0 Å². The van der Waals surface area contributed by atoms with E-state index in [2.05, 4.69) is 54.9 Å². The summed E-state index contributed by atoms with van der Waals surface area (Å²) in [6.45, 7) is 13.4. The summed E-state index contributed by atoms with van der Waals surface area (Å²) >= 11 is 0. The van der Waals surface area contributed by atoms with Crippen LogP contribution in [0, 0.1) is 0 Å². The van der Waals surface area contributed by atoms with Crippen LogP contribution in [0.25, 0.3) is 0 Å². The van der Waals surface area contributed by atoms with Crippen LogP contribution in [0.1, 0.15) is 25.8 Å². The Morgan fingerprint density at radius 2 is 1.85 bits per heavy atom. The molecule has 0 atom stereocenters. The zero-order chi connectivity index (χ0) is 14.6. The van der Waals surface area contributed by atoms with Gasteiger partial charge >= 0.3 is 0 Å². The van der Waals surface area contributed by atoms with Crippen molar-refractivity contribution in [1.29, 1.82) is 0 Å². The number of ether oxygens (including phenoxy) is 1. The minimum atomic E-state index is 0.755. The Morgan fingerprint density at radius 3 is 2.45 bits per heavy atom. The highest BCUT2D eigenvalue weighted by Crippen LogP contribution is 2.14. The lowest BCUT2D eigenvalue weighted by molar-refractivity contribution is 0.140. The number of nitrogens with one attached hydrogen (secondary N) is 1. The number of hydrogen-bond donors (Lipinski definition) is 1. The molecule has 0 bridgehead atoms. The van der Waals surface area contributed by atoms with Crippen molar-refractivity contribution in [2.45, 2.75) is 26.8 Å². The fraction of sp³-hybridized carbons (Fsp3) is 0.529. The largest absolute Gasteiger partial charge is 0.380 e. The predicted octanol–water partition coefficient (Wildman–Crippen LogP) is 3.22. The third-order valence-electron chi connectivity index (χ3n) is 3.28. The Labute approximate surface area is 123 Å². The van der Waals surface area contributed by atoms with Crippen molar-refractivity contribution in [2.24, 2.45) is 0 Å². The number of hydrogen-bond acceptors (Lipinski definition) is 3. The highest BCUT2D eigenvalue weighted by molar-refractivity contribution is 5.47. The van der Waals surface area contributed by atoms with Crippen LogP contribution in [0.15, 0.2) is 36.9 Å². The average Bonchev–Trinajstić information content (AvgIpc) is 2.49. The zero-order valence-corrected chi connectivity index (χ0v) is 12.9. The summed E-state index contributed by atoms with van der Waals surface area (Å²) in [6, 6.07) is 8.79. The molecule has 112 valence electrons. The molecule has 0 aliphatic carbocycles. The molecule has 0 aliphatic heterocycles. The first-order valence-corrected chi connectivity index (χ1v) is 7.55. The molecule has 3 heteroatoms. The van der Waals surface area contributed by atoms with Gasteiger partial charge in [0.05, 0.1) is 13.2 Å². The normalized spacial score (nSPS) is 10.5. The van der Waals surface area contributed by atoms with Crippen LogP contribution in [-0.4, -0.2) is 32.8 Å². The molecule has 0 amide bonds. The van der Waals surface area contributed by atoms with E-state index in [0.717, 1.165) is 45.8 Å². The predicted molar refractivity (Wildman–Crippen MR) is 87.3 cm³/mol. The quantitative estimate of drug-likeness (QED) is 0.496. The molecule has 0 aromatic heterocycles. The molecule has 1 aromatic carbocycles. The molecule has 0 heterocycles. The highest BCUT2D eigenvalue weighted by atomic mass is 16.5. The number of rotatable bonds is 11. The van der Waals surface area contributed by atoms with E-state index in [9.17, 15) is 0 Å². The van der Waals surface area contributed by atoms with Crippen LogP contribution in [0.5, 0.6) is 0 Å². The van der Waals surface area contributed by atoms with E-state index in [4.69, 9.17) is 4.74 Å². The van der Waals surface area contributed by atoms with Crippen LogP contribution in [0.3, 0.4) is 0 Å².